The van der Waals surface area contributed by atoms with Crippen molar-refractivity contribution in [2.45, 2.75) is 13.3 Å². The van der Waals surface area contributed by atoms with E-state index < -0.39 is 0 Å². The molecule has 0 aliphatic heterocycles. The molecule has 0 amide bonds. The van der Waals surface area contributed by atoms with Crippen molar-refractivity contribution in [3.8, 4) is 17.6 Å². The minimum absolute atomic E-state index is 0.397. The summed E-state index contributed by atoms with van der Waals surface area (Å²) in [4.78, 5) is 0. The topological polar surface area (TPSA) is 35.2 Å². The highest BCUT2D eigenvalue weighted by atomic mass is 16.5. The standard InChI is InChI=1S/C12H15NO/c1-2-10-14-12-7-5-11(6-8-12)4-3-9-13/h5-8H,2,9-10,13H2,1H3. The largest absolute Gasteiger partial charge is 0.494 e. The molecular formula is C12H15NO. The number of ether oxygens (including phenoxy) is 1. The predicted octanol–water partition coefficient (Wildman–Crippen LogP) is 1.79. The van der Waals surface area contributed by atoms with Crippen molar-refractivity contribution >= 4 is 0 Å². The summed E-state index contributed by atoms with van der Waals surface area (Å²) < 4.78 is 5.44. The van der Waals surface area contributed by atoms with Gasteiger partial charge in [-0.1, -0.05) is 18.8 Å². The minimum Gasteiger partial charge on any atom is -0.494 e. The van der Waals surface area contributed by atoms with E-state index in [2.05, 4.69) is 18.8 Å². The van der Waals surface area contributed by atoms with Gasteiger partial charge in [-0.25, -0.2) is 0 Å². The second kappa shape index (κ2) is 6.06. The SMILES string of the molecule is CCCOc1ccc(C#CCN)cc1. The van der Waals surface area contributed by atoms with Crippen LogP contribution in [0.1, 0.15) is 18.9 Å². The first-order valence-corrected chi connectivity index (χ1v) is 4.78. The Bertz CT molecular complexity index is 318. The van der Waals surface area contributed by atoms with E-state index >= 15 is 0 Å². The normalized spacial score (nSPS) is 9.00. The Morgan fingerprint density at radius 2 is 2.00 bits per heavy atom. The average molecular weight is 189 g/mol. The molecule has 0 saturated carbocycles. The Kier molecular flexibility index (Phi) is 4.60. The molecular weight excluding hydrogens is 174 g/mol. The van der Waals surface area contributed by atoms with Gasteiger partial charge in [0.1, 0.15) is 5.75 Å². The Hall–Kier alpha value is -1.46. The third kappa shape index (κ3) is 3.51. The first-order valence-electron chi connectivity index (χ1n) is 4.78. The minimum atomic E-state index is 0.397. The van der Waals surface area contributed by atoms with E-state index in [1.807, 2.05) is 24.3 Å². The number of hydrogen-bond acceptors (Lipinski definition) is 2. The van der Waals surface area contributed by atoms with Gasteiger partial charge in [0.15, 0.2) is 0 Å². The molecule has 74 valence electrons. The lowest BCUT2D eigenvalue weighted by atomic mass is 10.2. The fourth-order valence-corrected chi connectivity index (χ4v) is 1.01. The van der Waals surface area contributed by atoms with Gasteiger partial charge in [-0.05, 0) is 30.7 Å². The summed E-state index contributed by atoms with van der Waals surface area (Å²) in [5.41, 5.74) is 6.25. The molecule has 0 fully saturated rings. The third-order valence-electron chi connectivity index (χ3n) is 1.66. The summed E-state index contributed by atoms with van der Waals surface area (Å²) in [6, 6.07) is 7.73. The van der Waals surface area contributed by atoms with Crippen LogP contribution in [0.2, 0.25) is 0 Å². The van der Waals surface area contributed by atoms with Gasteiger partial charge in [0.2, 0.25) is 0 Å². The molecule has 0 radical (unpaired) electrons. The molecule has 2 heteroatoms. The van der Waals surface area contributed by atoms with E-state index in [4.69, 9.17) is 10.5 Å². The third-order valence-corrected chi connectivity index (χ3v) is 1.66. The monoisotopic (exact) mass is 189 g/mol. The van der Waals surface area contributed by atoms with Crippen molar-refractivity contribution in [2.24, 2.45) is 5.73 Å². The Morgan fingerprint density at radius 3 is 2.57 bits per heavy atom. The maximum atomic E-state index is 5.44. The van der Waals surface area contributed by atoms with E-state index in [0.29, 0.717) is 6.54 Å². The quantitative estimate of drug-likeness (QED) is 0.736. The second-order valence-electron chi connectivity index (χ2n) is 2.88. The molecule has 14 heavy (non-hydrogen) atoms. The van der Waals surface area contributed by atoms with Crippen LogP contribution < -0.4 is 10.5 Å². The summed E-state index contributed by atoms with van der Waals surface area (Å²) in [6.07, 6.45) is 1.02. The van der Waals surface area contributed by atoms with E-state index in [9.17, 15) is 0 Å². The van der Waals surface area contributed by atoms with Gasteiger partial charge < -0.3 is 10.5 Å². The molecule has 1 aromatic carbocycles. The van der Waals surface area contributed by atoms with Crippen molar-refractivity contribution in [1.29, 1.82) is 0 Å². The van der Waals surface area contributed by atoms with Gasteiger partial charge >= 0.3 is 0 Å². The van der Waals surface area contributed by atoms with Crippen LogP contribution in [0.15, 0.2) is 24.3 Å². The first kappa shape index (κ1) is 10.6. The van der Waals surface area contributed by atoms with Crippen LogP contribution in [-0.2, 0) is 0 Å². The van der Waals surface area contributed by atoms with Gasteiger partial charge in [0.25, 0.3) is 0 Å². The number of hydrogen-bond donors (Lipinski definition) is 1. The van der Waals surface area contributed by atoms with Gasteiger partial charge in [0.05, 0.1) is 13.2 Å². The molecule has 1 rings (SSSR count). The highest BCUT2D eigenvalue weighted by molar-refractivity contribution is 5.38. The maximum absolute atomic E-state index is 5.44. The molecule has 0 unspecified atom stereocenters. The smallest absolute Gasteiger partial charge is 0.119 e. The zero-order valence-corrected chi connectivity index (χ0v) is 8.42. The second-order valence-corrected chi connectivity index (χ2v) is 2.88. The van der Waals surface area contributed by atoms with Crippen LogP contribution in [0, 0.1) is 11.8 Å². The fraction of sp³-hybridized carbons (Fsp3) is 0.333. The molecule has 0 aliphatic rings. The van der Waals surface area contributed by atoms with Crippen molar-refractivity contribution in [3.05, 3.63) is 29.8 Å². The maximum Gasteiger partial charge on any atom is 0.119 e. The molecule has 0 aromatic heterocycles. The van der Waals surface area contributed by atoms with Crippen LogP contribution in [0.4, 0.5) is 0 Å². The molecule has 0 aliphatic carbocycles. The molecule has 1 aromatic rings. The molecule has 0 saturated heterocycles. The lowest BCUT2D eigenvalue weighted by Crippen LogP contribution is -1.95. The van der Waals surface area contributed by atoms with Crippen LogP contribution in [-0.4, -0.2) is 13.2 Å². The lowest BCUT2D eigenvalue weighted by molar-refractivity contribution is 0.317. The van der Waals surface area contributed by atoms with Crippen molar-refractivity contribution in [1.82, 2.24) is 0 Å². The van der Waals surface area contributed by atoms with Gasteiger partial charge in [-0.3, -0.25) is 0 Å². The number of nitrogens with two attached hydrogens (primary N) is 1. The van der Waals surface area contributed by atoms with Crippen LogP contribution in [0.25, 0.3) is 0 Å². The molecule has 0 heterocycles. The summed E-state index contributed by atoms with van der Waals surface area (Å²) in [5.74, 6) is 6.65. The molecule has 0 atom stereocenters. The highest BCUT2D eigenvalue weighted by Crippen LogP contribution is 2.11. The number of benzene rings is 1. The van der Waals surface area contributed by atoms with Crippen LogP contribution in [0.3, 0.4) is 0 Å². The van der Waals surface area contributed by atoms with E-state index in [0.717, 1.165) is 24.3 Å². The zero-order valence-electron chi connectivity index (χ0n) is 8.42. The van der Waals surface area contributed by atoms with Gasteiger partial charge in [-0.15, -0.1) is 0 Å². The first-order chi connectivity index (χ1) is 6.86. The van der Waals surface area contributed by atoms with Crippen molar-refractivity contribution < 1.29 is 4.74 Å². The highest BCUT2D eigenvalue weighted by Gasteiger charge is 1.91. The Morgan fingerprint density at radius 1 is 1.29 bits per heavy atom. The summed E-state index contributed by atoms with van der Waals surface area (Å²) in [7, 11) is 0. The summed E-state index contributed by atoms with van der Waals surface area (Å²) in [6.45, 7) is 3.24. The van der Waals surface area contributed by atoms with Crippen LogP contribution in [0.5, 0.6) is 5.75 Å². The Balaban J connectivity index is 2.59. The summed E-state index contributed by atoms with van der Waals surface area (Å²) in [5, 5.41) is 0. The Labute approximate surface area is 85.1 Å². The van der Waals surface area contributed by atoms with Crippen molar-refractivity contribution in [2.75, 3.05) is 13.2 Å². The van der Waals surface area contributed by atoms with E-state index in [-0.39, 0.29) is 0 Å². The van der Waals surface area contributed by atoms with Crippen LogP contribution >= 0.6 is 0 Å². The molecule has 0 spiro atoms. The lowest BCUT2D eigenvalue weighted by Gasteiger charge is -2.03. The summed E-state index contributed by atoms with van der Waals surface area (Å²) >= 11 is 0. The van der Waals surface area contributed by atoms with E-state index in [1.54, 1.807) is 0 Å². The van der Waals surface area contributed by atoms with Gasteiger partial charge in [0, 0.05) is 5.56 Å². The van der Waals surface area contributed by atoms with Crippen molar-refractivity contribution in [3.63, 3.8) is 0 Å². The van der Waals surface area contributed by atoms with E-state index in [1.165, 1.54) is 0 Å². The molecule has 2 N–H and O–H groups in total. The fourth-order valence-electron chi connectivity index (χ4n) is 1.01. The average Bonchev–Trinajstić information content (AvgIpc) is 2.25. The predicted molar refractivity (Wildman–Crippen MR) is 58.2 cm³/mol. The zero-order chi connectivity index (χ0) is 10.2. The molecule has 0 bridgehead atoms. The molecule has 2 nitrogen and oxygen atoms in total. The van der Waals surface area contributed by atoms with Gasteiger partial charge in [-0.2, -0.15) is 0 Å². The number of rotatable bonds is 3.